The van der Waals surface area contributed by atoms with E-state index < -0.39 is 5.97 Å². The van der Waals surface area contributed by atoms with E-state index in [0.29, 0.717) is 35.4 Å². The van der Waals surface area contributed by atoms with Crippen LogP contribution in [0.1, 0.15) is 56.2 Å². The number of benzene rings is 2. The summed E-state index contributed by atoms with van der Waals surface area (Å²) in [6.45, 7) is 3.99. The van der Waals surface area contributed by atoms with Crippen LogP contribution in [-0.4, -0.2) is 59.5 Å². The number of hydrogen-bond donors (Lipinski definition) is 1. The molecule has 1 heterocycles. The first-order valence-electron chi connectivity index (χ1n) is 13.1. The average Bonchev–Trinajstić information content (AvgIpc) is 3.51. The molecule has 4 rings (SSSR count). The first-order chi connectivity index (χ1) is 18.2. The summed E-state index contributed by atoms with van der Waals surface area (Å²) >= 11 is 6.11. The molecule has 0 aromatic heterocycles. The molecule has 0 bridgehead atoms. The van der Waals surface area contributed by atoms with E-state index in [0.717, 1.165) is 30.5 Å². The van der Waals surface area contributed by atoms with Crippen molar-refractivity contribution < 1.29 is 29.0 Å². The number of rotatable bonds is 12. The number of carboxylic acid groups (broad SMARTS) is 1. The molecule has 1 saturated carbocycles. The van der Waals surface area contributed by atoms with Crippen LogP contribution < -0.4 is 9.47 Å². The van der Waals surface area contributed by atoms with E-state index in [1.165, 1.54) is 4.90 Å². The van der Waals surface area contributed by atoms with Gasteiger partial charge in [-0.15, -0.1) is 0 Å². The van der Waals surface area contributed by atoms with Gasteiger partial charge in [0.2, 0.25) is 11.8 Å². The molecule has 1 aliphatic heterocycles. The van der Waals surface area contributed by atoms with Crippen molar-refractivity contribution >= 4 is 29.4 Å². The molecule has 9 heteroatoms. The standard InChI is InChI=1S/C29H35ClN2O6/c1-19(22-6-8-24(30)9-7-22)31(17-20-3-5-23(15-20)29(35)36)18-21-4-10-25(26(16-21)37-2)38-14-13-32-27(33)11-12-28(32)34/h4,6-10,16,19-20,23H,3,5,11-15,17-18H2,1-2H3,(H,35,36)/t19-,20-,23+/m0/s1. The van der Waals surface area contributed by atoms with Gasteiger partial charge in [0.25, 0.3) is 0 Å². The molecule has 2 aromatic rings. The first-order valence-corrected chi connectivity index (χ1v) is 13.5. The fraction of sp³-hybridized carbons (Fsp3) is 0.483. The Morgan fingerprint density at radius 3 is 2.45 bits per heavy atom. The monoisotopic (exact) mass is 542 g/mol. The highest BCUT2D eigenvalue weighted by atomic mass is 35.5. The highest BCUT2D eigenvalue weighted by Crippen LogP contribution is 2.35. The number of carbonyl (C=O) groups excluding carboxylic acids is 2. The number of carbonyl (C=O) groups is 3. The van der Waals surface area contributed by atoms with Gasteiger partial charge in [-0.25, -0.2) is 0 Å². The van der Waals surface area contributed by atoms with Gasteiger partial charge in [-0.05, 0) is 67.5 Å². The fourth-order valence-corrected chi connectivity index (χ4v) is 5.52. The summed E-state index contributed by atoms with van der Waals surface area (Å²) in [4.78, 5) is 38.8. The van der Waals surface area contributed by atoms with Crippen LogP contribution in [0.5, 0.6) is 11.5 Å². The Hall–Kier alpha value is -3.10. The highest BCUT2D eigenvalue weighted by Gasteiger charge is 2.32. The molecular formula is C29H35ClN2O6. The van der Waals surface area contributed by atoms with Crippen molar-refractivity contribution in [2.75, 3.05) is 26.8 Å². The summed E-state index contributed by atoms with van der Waals surface area (Å²) in [6, 6.07) is 13.7. The van der Waals surface area contributed by atoms with Crippen molar-refractivity contribution in [1.29, 1.82) is 0 Å². The lowest BCUT2D eigenvalue weighted by Crippen LogP contribution is -2.33. The van der Waals surface area contributed by atoms with Gasteiger partial charge in [-0.3, -0.25) is 24.2 Å². The lowest BCUT2D eigenvalue weighted by Gasteiger charge is -2.32. The summed E-state index contributed by atoms with van der Waals surface area (Å²) in [5.74, 6) is 0.144. The number of halogens is 1. The first kappa shape index (κ1) is 27.9. The second-order valence-corrected chi connectivity index (χ2v) is 10.6. The topological polar surface area (TPSA) is 96.4 Å². The Bertz CT molecular complexity index is 1140. The molecule has 2 aromatic carbocycles. The number of hydrogen-bond acceptors (Lipinski definition) is 6. The van der Waals surface area contributed by atoms with Crippen molar-refractivity contribution in [3.63, 3.8) is 0 Å². The number of carboxylic acids is 1. The number of methoxy groups -OCH3 is 1. The highest BCUT2D eigenvalue weighted by molar-refractivity contribution is 6.30. The fourth-order valence-electron chi connectivity index (χ4n) is 5.39. The van der Waals surface area contributed by atoms with E-state index in [9.17, 15) is 19.5 Å². The van der Waals surface area contributed by atoms with Crippen molar-refractivity contribution in [3.8, 4) is 11.5 Å². The Morgan fingerprint density at radius 1 is 1.11 bits per heavy atom. The van der Waals surface area contributed by atoms with Gasteiger partial charge in [0.05, 0.1) is 19.6 Å². The number of ether oxygens (including phenoxy) is 2. The van der Waals surface area contributed by atoms with Crippen LogP contribution in [0.15, 0.2) is 42.5 Å². The maximum absolute atomic E-state index is 11.8. The minimum Gasteiger partial charge on any atom is -0.493 e. The van der Waals surface area contributed by atoms with Crippen LogP contribution in [0.2, 0.25) is 5.02 Å². The smallest absolute Gasteiger partial charge is 0.306 e. The SMILES string of the molecule is COc1cc(CN(C[C@H]2CC[C@@H](C(=O)O)C2)[C@@H](C)c2ccc(Cl)cc2)ccc1OCCN1C(=O)CCC1=O. The summed E-state index contributed by atoms with van der Waals surface area (Å²) in [5, 5.41) is 10.1. The van der Waals surface area contributed by atoms with Crippen LogP contribution >= 0.6 is 11.6 Å². The number of imide groups is 1. The van der Waals surface area contributed by atoms with Crippen molar-refractivity contribution in [3.05, 3.63) is 58.6 Å². The van der Waals surface area contributed by atoms with E-state index in [2.05, 4.69) is 11.8 Å². The van der Waals surface area contributed by atoms with E-state index in [1.54, 1.807) is 7.11 Å². The second kappa shape index (κ2) is 12.6. The molecule has 1 saturated heterocycles. The molecule has 2 fully saturated rings. The second-order valence-electron chi connectivity index (χ2n) is 10.1. The maximum Gasteiger partial charge on any atom is 0.306 e. The summed E-state index contributed by atoms with van der Waals surface area (Å²) in [5.41, 5.74) is 2.17. The summed E-state index contributed by atoms with van der Waals surface area (Å²) in [6.07, 6.45) is 2.84. The lowest BCUT2D eigenvalue weighted by atomic mass is 10.0. The Balaban J connectivity index is 1.46. The molecule has 204 valence electrons. The van der Waals surface area contributed by atoms with Gasteiger partial charge in [-0.2, -0.15) is 0 Å². The van der Waals surface area contributed by atoms with Crippen LogP contribution in [0.3, 0.4) is 0 Å². The molecule has 3 atom stereocenters. The molecule has 1 aliphatic carbocycles. The van der Waals surface area contributed by atoms with Gasteiger partial charge in [0.15, 0.2) is 11.5 Å². The molecule has 0 radical (unpaired) electrons. The third kappa shape index (κ3) is 6.85. The third-order valence-corrected chi connectivity index (χ3v) is 7.88. The minimum absolute atomic E-state index is 0.0913. The van der Waals surface area contributed by atoms with Crippen molar-refractivity contribution in [2.45, 2.75) is 51.6 Å². The predicted molar refractivity (Wildman–Crippen MR) is 143 cm³/mol. The molecular weight excluding hydrogens is 508 g/mol. The minimum atomic E-state index is -0.705. The van der Waals surface area contributed by atoms with E-state index >= 15 is 0 Å². The number of amides is 2. The zero-order valence-corrected chi connectivity index (χ0v) is 22.7. The maximum atomic E-state index is 11.8. The van der Waals surface area contributed by atoms with Gasteiger partial charge in [-0.1, -0.05) is 29.8 Å². The van der Waals surface area contributed by atoms with Crippen molar-refractivity contribution in [2.24, 2.45) is 11.8 Å². The Kier molecular flexibility index (Phi) is 9.28. The molecule has 2 aliphatic rings. The summed E-state index contributed by atoms with van der Waals surface area (Å²) in [7, 11) is 1.58. The van der Waals surface area contributed by atoms with Gasteiger partial charge in [0, 0.05) is 37.0 Å². The van der Waals surface area contributed by atoms with Gasteiger partial charge in [0.1, 0.15) is 6.61 Å². The zero-order valence-electron chi connectivity index (χ0n) is 21.9. The van der Waals surface area contributed by atoms with Crippen LogP contribution in [0.4, 0.5) is 0 Å². The van der Waals surface area contributed by atoms with E-state index in [-0.39, 0.29) is 49.8 Å². The Labute approximate surface area is 228 Å². The number of aliphatic carboxylic acids is 1. The van der Waals surface area contributed by atoms with E-state index in [1.807, 2.05) is 42.5 Å². The molecule has 0 spiro atoms. The Morgan fingerprint density at radius 2 is 1.82 bits per heavy atom. The average molecular weight is 543 g/mol. The molecule has 2 amide bonds. The third-order valence-electron chi connectivity index (χ3n) is 7.62. The molecule has 38 heavy (non-hydrogen) atoms. The number of nitrogens with zero attached hydrogens (tertiary/aromatic N) is 2. The largest absolute Gasteiger partial charge is 0.493 e. The van der Waals surface area contributed by atoms with Crippen molar-refractivity contribution in [1.82, 2.24) is 9.80 Å². The normalized spacial score (nSPS) is 20.3. The molecule has 1 N–H and O–H groups in total. The zero-order chi connectivity index (χ0) is 27.2. The quantitative estimate of drug-likeness (QED) is 0.379. The van der Waals surface area contributed by atoms with Crippen LogP contribution in [-0.2, 0) is 20.9 Å². The van der Waals surface area contributed by atoms with Gasteiger partial charge >= 0.3 is 5.97 Å². The predicted octanol–water partition coefficient (Wildman–Crippen LogP) is 4.94. The number of likely N-dealkylation sites (tertiary alicyclic amines) is 1. The molecule has 0 unspecified atom stereocenters. The van der Waals surface area contributed by atoms with Crippen LogP contribution in [0.25, 0.3) is 0 Å². The molecule has 8 nitrogen and oxygen atoms in total. The lowest BCUT2D eigenvalue weighted by molar-refractivity contribution is -0.142. The van der Waals surface area contributed by atoms with Crippen LogP contribution in [0, 0.1) is 11.8 Å². The van der Waals surface area contributed by atoms with E-state index in [4.69, 9.17) is 21.1 Å². The van der Waals surface area contributed by atoms with Gasteiger partial charge < -0.3 is 14.6 Å². The summed E-state index contributed by atoms with van der Waals surface area (Å²) < 4.78 is 11.5.